The maximum absolute atomic E-state index is 12.6. The fraction of sp³-hybridized carbons (Fsp3) is 0.462. The highest BCUT2D eigenvalue weighted by molar-refractivity contribution is 5.71. The van der Waals surface area contributed by atoms with Crippen molar-refractivity contribution < 1.29 is 23.1 Å². The first-order valence-electron chi connectivity index (χ1n) is 6.24. The summed E-state index contributed by atoms with van der Waals surface area (Å²) in [6, 6.07) is 3.44. The first-order valence-corrected chi connectivity index (χ1v) is 6.24. The molecule has 0 saturated carbocycles. The average molecular weight is 301 g/mol. The number of nitrogens with one attached hydrogen (secondary N) is 1. The van der Waals surface area contributed by atoms with Gasteiger partial charge in [-0.25, -0.2) is 4.98 Å². The van der Waals surface area contributed by atoms with E-state index in [0.29, 0.717) is 18.9 Å². The summed E-state index contributed by atoms with van der Waals surface area (Å²) in [5.74, 6) is -2.05. The standard InChI is InChI=1S/C13H14F3N3O2/c1-2-3-9(12(20)21)7-18-11-8(6-17)4-5-10(19-11)13(14,15)16/h4-5,9H,2-3,7H2,1H3,(H,18,19)(H,20,21). The van der Waals surface area contributed by atoms with Gasteiger partial charge in [0.05, 0.1) is 11.5 Å². The van der Waals surface area contributed by atoms with Crippen LogP contribution in [0, 0.1) is 17.2 Å². The van der Waals surface area contributed by atoms with Crippen LogP contribution >= 0.6 is 0 Å². The number of rotatable bonds is 6. The molecular weight excluding hydrogens is 287 g/mol. The van der Waals surface area contributed by atoms with Gasteiger partial charge in [-0.3, -0.25) is 4.79 Å². The van der Waals surface area contributed by atoms with E-state index in [-0.39, 0.29) is 17.9 Å². The second-order valence-corrected chi connectivity index (χ2v) is 4.41. The van der Waals surface area contributed by atoms with Crippen LogP contribution in [0.15, 0.2) is 12.1 Å². The van der Waals surface area contributed by atoms with Crippen LogP contribution in [0.1, 0.15) is 31.0 Å². The molecular formula is C13H14F3N3O2. The summed E-state index contributed by atoms with van der Waals surface area (Å²) < 4.78 is 37.8. The lowest BCUT2D eigenvalue weighted by Crippen LogP contribution is -2.24. The monoisotopic (exact) mass is 301 g/mol. The van der Waals surface area contributed by atoms with E-state index in [2.05, 4.69) is 10.3 Å². The van der Waals surface area contributed by atoms with Gasteiger partial charge in [0.2, 0.25) is 0 Å². The lowest BCUT2D eigenvalue weighted by Gasteiger charge is -2.15. The van der Waals surface area contributed by atoms with Crippen LogP contribution in [0.25, 0.3) is 0 Å². The number of nitriles is 1. The summed E-state index contributed by atoms with van der Waals surface area (Å²) in [6.45, 7) is 1.71. The zero-order valence-electron chi connectivity index (χ0n) is 11.2. The molecule has 5 nitrogen and oxygen atoms in total. The van der Waals surface area contributed by atoms with Crippen LogP contribution < -0.4 is 5.32 Å². The number of pyridine rings is 1. The van der Waals surface area contributed by atoms with E-state index in [9.17, 15) is 18.0 Å². The lowest BCUT2D eigenvalue weighted by atomic mass is 10.0. The number of hydrogen-bond donors (Lipinski definition) is 2. The molecule has 8 heteroatoms. The summed E-state index contributed by atoms with van der Waals surface area (Å²) in [5.41, 5.74) is -1.20. The number of anilines is 1. The summed E-state index contributed by atoms with van der Waals surface area (Å²) in [7, 11) is 0. The van der Waals surface area contributed by atoms with Gasteiger partial charge in [0.15, 0.2) is 0 Å². The summed E-state index contributed by atoms with van der Waals surface area (Å²) in [5, 5.41) is 20.4. The Balaban J connectivity index is 2.95. The molecule has 1 unspecified atom stereocenters. The highest BCUT2D eigenvalue weighted by Gasteiger charge is 2.33. The number of aliphatic carboxylic acids is 1. The van der Waals surface area contributed by atoms with Gasteiger partial charge < -0.3 is 10.4 Å². The Morgan fingerprint density at radius 3 is 2.67 bits per heavy atom. The number of hydrogen-bond acceptors (Lipinski definition) is 4. The van der Waals surface area contributed by atoms with Gasteiger partial charge in [-0.2, -0.15) is 18.4 Å². The topological polar surface area (TPSA) is 86.0 Å². The van der Waals surface area contributed by atoms with E-state index in [1.54, 1.807) is 13.0 Å². The van der Waals surface area contributed by atoms with Gasteiger partial charge in [-0.05, 0) is 18.6 Å². The Morgan fingerprint density at radius 1 is 1.52 bits per heavy atom. The molecule has 0 aliphatic rings. The van der Waals surface area contributed by atoms with E-state index in [4.69, 9.17) is 10.4 Å². The number of carboxylic acids is 1. The second kappa shape index (κ2) is 6.92. The third-order valence-electron chi connectivity index (χ3n) is 2.81. The van der Waals surface area contributed by atoms with Gasteiger partial charge in [-0.15, -0.1) is 0 Å². The first-order chi connectivity index (χ1) is 9.79. The maximum atomic E-state index is 12.6. The van der Waals surface area contributed by atoms with Crippen LogP contribution in [-0.4, -0.2) is 22.6 Å². The molecule has 0 aliphatic carbocycles. The van der Waals surface area contributed by atoms with Gasteiger partial charge in [-0.1, -0.05) is 13.3 Å². The fourth-order valence-electron chi connectivity index (χ4n) is 1.72. The van der Waals surface area contributed by atoms with Crippen molar-refractivity contribution in [2.24, 2.45) is 5.92 Å². The molecule has 0 fully saturated rings. The lowest BCUT2D eigenvalue weighted by molar-refractivity contribution is -0.142. The van der Waals surface area contributed by atoms with Crippen LogP contribution in [0.5, 0.6) is 0 Å². The van der Waals surface area contributed by atoms with Crippen molar-refractivity contribution in [3.8, 4) is 6.07 Å². The summed E-state index contributed by atoms with van der Waals surface area (Å²) in [6.07, 6.45) is -3.62. The van der Waals surface area contributed by atoms with Crippen molar-refractivity contribution in [1.29, 1.82) is 5.26 Å². The normalized spacial score (nSPS) is 12.5. The minimum absolute atomic E-state index is 0.0661. The average Bonchev–Trinajstić information content (AvgIpc) is 2.41. The number of halogens is 3. The quantitative estimate of drug-likeness (QED) is 0.843. The molecule has 0 bridgehead atoms. The number of aromatic nitrogens is 1. The largest absolute Gasteiger partial charge is 0.481 e. The predicted octanol–water partition coefficient (Wildman–Crippen LogP) is 2.88. The molecule has 1 rings (SSSR count). The van der Waals surface area contributed by atoms with Gasteiger partial charge >= 0.3 is 12.1 Å². The SMILES string of the molecule is CCCC(CNc1nc(C(F)(F)F)ccc1C#N)C(=O)O. The molecule has 114 valence electrons. The molecule has 0 aromatic carbocycles. The number of carboxylic acid groups (broad SMARTS) is 1. The number of alkyl halides is 3. The number of carbonyl (C=O) groups is 1. The van der Waals surface area contributed by atoms with Crippen LogP contribution in [0.4, 0.5) is 19.0 Å². The van der Waals surface area contributed by atoms with E-state index in [1.165, 1.54) is 0 Å². The van der Waals surface area contributed by atoms with E-state index < -0.39 is 23.8 Å². The van der Waals surface area contributed by atoms with Crippen molar-refractivity contribution in [3.63, 3.8) is 0 Å². The minimum Gasteiger partial charge on any atom is -0.481 e. The Hall–Kier alpha value is -2.30. The Kier molecular flexibility index (Phi) is 5.52. The molecule has 1 aromatic heterocycles. The third-order valence-corrected chi connectivity index (χ3v) is 2.81. The molecule has 0 aliphatic heterocycles. The molecule has 1 atom stereocenters. The Bertz CT molecular complexity index is 553. The summed E-state index contributed by atoms with van der Waals surface area (Å²) >= 11 is 0. The molecule has 1 aromatic rings. The second-order valence-electron chi connectivity index (χ2n) is 4.41. The van der Waals surface area contributed by atoms with Crippen molar-refractivity contribution in [3.05, 3.63) is 23.4 Å². The Morgan fingerprint density at radius 2 is 2.19 bits per heavy atom. The third kappa shape index (κ3) is 4.63. The molecule has 0 amide bonds. The van der Waals surface area contributed by atoms with E-state index >= 15 is 0 Å². The van der Waals surface area contributed by atoms with Crippen LogP contribution in [0.2, 0.25) is 0 Å². The van der Waals surface area contributed by atoms with Crippen LogP contribution in [0.3, 0.4) is 0 Å². The van der Waals surface area contributed by atoms with Crippen molar-refractivity contribution in [2.45, 2.75) is 25.9 Å². The van der Waals surface area contributed by atoms with Gasteiger partial charge in [0.25, 0.3) is 0 Å². The zero-order valence-corrected chi connectivity index (χ0v) is 11.2. The molecule has 0 spiro atoms. The smallest absolute Gasteiger partial charge is 0.433 e. The predicted molar refractivity (Wildman–Crippen MR) is 68.5 cm³/mol. The maximum Gasteiger partial charge on any atom is 0.433 e. The highest BCUT2D eigenvalue weighted by atomic mass is 19.4. The van der Waals surface area contributed by atoms with Gasteiger partial charge in [0.1, 0.15) is 17.6 Å². The van der Waals surface area contributed by atoms with E-state index in [0.717, 1.165) is 6.07 Å². The van der Waals surface area contributed by atoms with Crippen molar-refractivity contribution in [1.82, 2.24) is 4.98 Å². The Labute approximate surface area is 119 Å². The first kappa shape index (κ1) is 16.8. The highest BCUT2D eigenvalue weighted by Crippen LogP contribution is 2.29. The molecule has 21 heavy (non-hydrogen) atoms. The number of nitrogens with zero attached hydrogens (tertiary/aromatic N) is 2. The molecule has 2 N–H and O–H groups in total. The zero-order chi connectivity index (χ0) is 16.0. The van der Waals surface area contributed by atoms with Crippen molar-refractivity contribution >= 4 is 11.8 Å². The van der Waals surface area contributed by atoms with Gasteiger partial charge in [0, 0.05) is 6.54 Å². The van der Waals surface area contributed by atoms with Crippen molar-refractivity contribution in [2.75, 3.05) is 11.9 Å². The summed E-state index contributed by atoms with van der Waals surface area (Å²) in [4.78, 5) is 14.3. The fourth-order valence-corrected chi connectivity index (χ4v) is 1.72. The molecule has 1 heterocycles. The molecule has 0 saturated heterocycles. The van der Waals surface area contributed by atoms with E-state index in [1.807, 2.05) is 0 Å². The minimum atomic E-state index is -4.62. The van der Waals surface area contributed by atoms with Crippen LogP contribution in [-0.2, 0) is 11.0 Å². The molecule has 0 radical (unpaired) electrons.